The van der Waals surface area contributed by atoms with Crippen molar-refractivity contribution < 1.29 is 23.5 Å². The zero-order valence-electron chi connectivity index (χ0n) is 9.82. The smallest absolute Gasteiger partial charge is 0.305 e. The minimum absolute atomic E-state index is 0.0849. The third kappa shape index (κ3) is 3.26. The van der Waals surface area contributed by atoms with Crippen LogP contribution < -0.4 is 0 Å². The number of carboxylic acids is 1. The van der Waals surface area contributed by atoms with E-state index in [2.05, 4.69) is 0 Å². The van der Waals surface area contributed by atoms with Crippen LogP contribution in [0.3, 0.4) is 0 Å². The second-order valence-corrected chi connectivity index (χ2v) is 3.63. The highest BCUT2D eigenvalue weighted by Gasteiger charge is 2.22. The summed E-state index contributed by atoms with van der Waals surface area (Å²) in [5, 5.41) is 8.53. The highest BCUT2D eigenvalue weighted by Crippen LogP contribution is 2.14. The van der Waals surface area contributed by atoms with E-state index in [0.29, 0.717) is 0 Å². The van der Waals surface area contributed by atoms with Gasteiger partial charge < -0.3 is 10.0 Å². The largest absolute Gasteiger partial charge is 0.481 e. The summed E-state index contributed by atoms with van der Waals surface area (Å²) in [4.78, 5) is 23.4. The number of rotatable bonds is 5. The van der Waals surface area contributed by atoms with E-state index >= 15 is 0 Å². The molecule has 1 aromatic rings. The molecule has 1 N–H and O–H groups in total. The van der Waals surface area contributed by atoms with Crippen LogP contribution in [0.2, 0.25) is 0 Å². The molecular formula is C12H13F2NO3. The molecule has 0 saturated heterocycles. The van der Waals surface area contributed by atoms with Crippen LogP contribution in [0.5, 0.6) is 0 Å². The fourth-order valence-corrected chi connectivity index (χ4v) is 1.49. The third-order valence-corrected chi connectivity index (χ3v) is 2.44. The first-order valence-electron chi connectivity index (χ1n) is 5.42. The molecule has 0 radical (unpaired) electrons. The molecule has 1 amide bonds. The van der Waals surface area contributed by atoms with Crippen molar-refractivity contribution in [3.05, 3.63) is 35.4 Å². The number of carboxylic acid groups (broad SMARTS) is 1. The van der Waals surface area contributed by atoms with Gasteiger partial charge in [0.1, 0.15) is 17.2 Å². The number of halogens is 2. The molecule has 18 heavy (non-hydrogen) atoms. The van der Waals surface area contributed by atoms with Crippen molar-refractivity contribution >= 4 is 11.9 Å². The van der Waals surface area contributed by atoms with Crippen molar-refractivity contribution in [2.45, 2.75) is 13.3 Å². The summed E-state index contributed by atoms with van der Waals surface area (Å²) >= 11 is 0. The van der Waals surface area contributed by atoms with Gasteiger partial charge in [-0.3, -0.25) is 9.59 Å². The maximum absolute atomic E-state index is 13.4. The second kappa shape index (κ2) is 6.09. The first-order chi connectivity index (χ1) is 8.47. The predicted molar refractivity (Wildman–Crippen MR) is 60.2 cm³/mol. The maximum Gasteiger partial charge on any atom is 0.305 e. The first kappa shape index (κ1) is 14.1. The van der Waals surface area contributed by atoms with Crippen molar-refractivity contribution in [1.82, 2.24) is 4.90 Å². The lowest BCUT2D eigenvalue weighted by atomic mass is 10.1. The molecule has 98 valence electrons. The number of benzene rings is 1. The van der Waals surface area contributed by atoms with Gasteiger partial charge in [0.05, 0.1) is 6.42 Å². The molecule has 0 aromatic heterocycles. The van der Waals surface area contributed by atoms with Crippen LogP contribution in [0.25, 0.3) is 0 Å². The van der Waals surface area contributed by atoms with E-state index in [1.165, 1.54) is 0 Å². The van der Waals surface area contributed by atoms with E-state index in [1.54, 1.807) is 6.92 Å². The monoisotopic (exact) mass is 257 g/mol. The van der Waals surface area contributed by atoms with Gasteiger partial charge in [-0.15, -0.1) is 0 Å². The summed E-state index contributed by atoms with van der Waals surface area (Å²) in [5.41, 5.74) is -0.648. The van der Waals surface area contributed by atoms with E-state index < -0.39 is 29.1 Å². The average molecular weight is 257 g/mol. The molecule has 0 aliphatic rings. The minimum atomic E-state index is -1.07. The van der Waals surface area contributed by atoms with Crippen molar-refractivity contribution in [2.75, 3.05) is 13.1 Å². The molecule has 0 heterocycles. The van der Waals surface area contributed by atoms with Crippen molar-refractivity contribution in [3.8, 4) is 0 Å². The summed E-state index contributed by atoms with van der Waals surface area (Å²) in [5.74, 6) is -3.81. The number of aliphatic carboxylic acids is 1. The second-order valence-electron chi connectivity index (χ2n) is 3.63. The van der Waals surface area contributed by atoms with Gasteiger partial charge in [-0.2, -0.15) is 0 Å². The molecule has 1 aromatic carbocycles. The Bertz CT molecular complexity index is 442. The molecule has 0 unspecified atom stereocenters. The van der Waals surface area contributed by atoms with Gasteiger partial charge in [0.25, 0.3) is 5.91 Å². The van der Waals surface area contributed by atoms with Gasteiger partial charge in [0, 0.05) is 13.1 Å². The predicted octanol–water partition coefficient (Wildman–Crippen LogP) is 1.90. The van der Waals surface area contributed by atoms with E-state index in [4.69, 9.17) is 5.11 Å². The molecule has 0 bridgehead atoms. The summed E-state index contributed by atoms with van der Waals surface area (Å²) < 4.78 is 26.8. The summed E-state index contributed by atoms with van der Waals surface area (Å²) in [6, 6.07) is 3.14. The van der Waals surface area contributed by atoms with Crippen LogP contribution in [-0.4, -0.2) is 35.0 Å². The Labute approximate surface area is 103 Å². The lowest BCUT2D eigenvalue weighted by molar-refractivity contribution is -0.137. The average Bonchev–Trinajstić information content (AvgIpc) is 2.29. The Kier molecular flexibility index (Phi) is 4.76. The van der Waals surface area contributed by atoms with E-state index in [-0.39, 0.29) is 19.5 Å². The van der Waals surface area contributed by atoms with Gasteiger partial charge in [-0.05, 0) is 19.1 Å². The molecule has 0 fully saturated rings. The molecule has 0 aliphatic carbocycles. The Balaban J connectivity index is 2.93. The zero-order valence-corrected chi connectivity index (χ0v) is 9.82. The van der Waals surface area contributed by atoms with E-state index in [9.17, 15) is 18.4 Å². The van der Waals surface area contributed by atoms with Crippen molar-refractivity contribution in [3.63, 3.8) is 0 Å². The number of nitrogens with zero attached hydrogens (tertiary/aromatic N) is 1. The van der Waals surface area contributed by atoms with Crippen molar-refractivity contribution in [1.29, 1.82) is 0 Å². The first-order valence-corrected chi connectivity index (χ1v) is 5.42. The Morgan fingerprint density at radius 2 is 1.83 bits per heavy atom. The standard InChI is InChI=1S/C12H13F2NO3/c1-2-15(7-6-10(16)17)12(18)11-8(13)4-3-5-9(11)14/h3-5H,2,6-7H2,1H3,(H,16,17). The topological polar surface area (TPSA) is 57.6 Å². The quantitative estimate of drug-likeness (QED) is 0.876. The number of hydrogen-bond acceptors (Lipinski definition) is 2. The van der Waals surface area contributed by atoms with Gasteiger partial charge in [-0.25, -0.2) is 8.78 Å². The van der Waals surface area contributed by atoms with Crippen LogP contribution >= 0.6 is 0 Å². The molecule has 4 nitrogen and oxygen atoms in total. The Morgan fingerprint density at radius 3 is 2.28 bits per heavy atom. The van der Waals surface area contributed by atoms with E-state index in [0.717, 1.165) is 23.1 Å². The lowest BCUT2D eigenvalue weighted by Crippen LogP contribution is -2.34. The minimum Gasteiger partial charge on any atom is -0.481 e. The van der Waals surface area contributed by atoms with Gasteiger partial charge in [0.2, 0.25) is 0 Å². The summed E-state index contributed by atoms with van der Waals surface area (Å²) in [6.07, 6.45) is -0.268. The number of hydrogen-bond donors (Lipinski definition) is 1. The van der Waals surface area contributed by atoms with Crippen LogP contribution in [0, 0.1) is 11.6 Å². The molecule has 0 saturated carbocycles. The normalized spacial score (nSPS) is 10.2. The number of carbonyl (C=O) groups excluding carboxylic acids is 1. The van der Waals surface area contributed by atoms with Gasteiger partial charge in [-0.1, -0.05) is 6.07 Å². The molecular weight excluding hydrogens is 244 g/mol. The van der Waals surface area contributed by atoms with Gasteiger partial charge >= 0.3 is 5.97 Å². The molecule has 0 atom stereocenters. The van der Waals surface area contributed by atoms with Crippen LogP contribution in [0.1, 0.15) is 23.7 Å². The van der Waals surface area contributed by atoms with E-state index in [1.807, 2.05) is 0 Å². The SMILES string of the molecule is CCN(CCC(=O)O)C(=O)c1c(F)cccc1F. The lowest BCUT2D eigenvalue weighted by Gasteiger charge is -2.20. The van der Waals surface area contributed by atoms with Crippen LogP contribution in [-0.2, 0) is 4.79 Å². The summed E-state index contributed by atoms with van der Waals surface area (Å²) in [7, 11) is 0. The van der Waals surface area contributed by atoms with Gasteiger partial charge in [0.15, 0.2) is 0 Å². The van der Waals surface area contributed by atoms with Crippen LogP contribution in [0.4, 0.5) is 8.78 Å². The highest BCUT2D eigenvalue weighted by atomic mass is 19.1. The third-order valence-electron chi connectivity index (χ3n) is 2.44. The zero-order chi connectivity index (χ0) is 13.7. The van der Waals surface area contributed by atoms with Crippen LogP contribution in [0.15, 0.2) is 18.2 Å². The fourth-order valence-electron chi connectivity index (χ4n) is 1.49. The maximum atomic E-state index is 13.4. The van der Waals surface area contributed by atoms with Crippen molar-refractivity contribution in [2.24, 2.45) is 0 Å². The highest BCUT2D eigenvalue weighted by molar-refractivity contribution is 5.94. The number of amides is 1. The molecule has 0 aliphatic heterocycles. The Morgan fingerprint density at radius 1 is 1.28 bits per heavy atom. The number of carbonyl (C=O) groups is 2. The molecule has 6 heteroatoms. The fraction of sp³-hybridized carbons (Fsp3) is 0.333. The molecule has 1 rings (SSSR count). The molecule has 0 spiro atoms. The Hall–Kier alpha value is -1.98. The summed E-state index contributed by atoms with van der Waals surface area (Å²) in [6.45, 7) is 1.71.